The van der Waals surface area contributed by atoms with Gasteiger partial charge in [0.1, 0.15) is 5.69 Å². The average molecular weight is 633 g/mol. The van der Waals surface area contributed by atoms with Crippen LogP contribution in [0, 0.1) is 32.1 Å². The first kappa shape index (κ1) is 39.6. The summed E-state index contributed by atoms with van der Waals surface area (Å²) in [5.74, 6) is -0.329. The van der Waals surface area contributed by atoms with Crippen molar-refractivity contribution in [3.8, 4) is 6.07 Å². The van der Waals surface area contributed by atoms with E-state index in [1.54, 1.807) is 13.0 Å². The maximum absolute atomic E-state index is 10.4. The first-order valence-electron chi connectivity index (χ1n) is 15.9. The van der Waals surface area contributed by atoms with Gasteiger partial charge in [0.25, 0.3) is 0 Å². The number of nitriles is 1. The summed E-state index contributed by atoms with van der Waals surface area (Å²) in [6.07, 6.45) is 4.75. The quantitative estimate of drug-likeness (QED) is 0.228. The van der Waals surface area contributed by atoms with Crippen molar-refractivity contribution in [1.82, 2.24) is 14.9 Å². The highest BCUT2D eigenvalue weighted by molar-refractivity contribution is 7.27. The van der Waals surface area contributed by atoms with E-state index in [9.17, 15) is 4.79 Å². The maximum atomic E-state index is 10.4. The Balaban J connectivity index is 0.000000317. The van der Waals surface area contributed by atoms with Crippen LogP contribution in [0.5, 0.6) is 0 Å². The highest BCUT2D eigenvalue weighted by Crippen LogP contribution is 2.26. The van der Waals surface area contributed by atoms with Crippen molar-refractivity contribution in [1.29, 1.82) is 5.26 Å². The van der Waals surface area contributed by atoms with Gasteiger partial charge in [-0.2, -0.15) is 5.26 Å². The van der Waals surface area contributed by atoms with Crippen LogP contribution in [0.4, 0.5) is 0 Å². The highest BCUT2D eigenvalue weighted by Gasteiger charge is 2.21. The van der Waals surface area contributed by atoms with E-state index in [0.717, 1.165) is 54.0 Å². The number of benzene rings is 1. The fourth-order valence-electron chi connectivity index (χ4n) is 4.44. The minimum absolute atomic E-state index is 0.105. The number of pyridine rings is 2. The van der Waals surface area contributed by atoms with Gasteiger partial charge in [-0.3, -0.25) is 9.88 Å². The van der Waals surface area contributed by atoms with Crippen LogP contribution in [0.15, 0.2) is 60.7 Å². The topological polar surface area (TPSA) is 99.3 Å². The van der Waals surface area contributed by atoms with E-state index < -0.39 is 5.97 Å². The van der Waals surface area contributed by atoms with Gasteiger partial charge in [-0.05, 0) is 113 Å². The summed E-state index contributed by atoms with van der Waals surface area (Å²) in [6.45, 7) is 23.4. The molecule has 2 aliphatic heterocycles. The van der Waals surface area contributed by atoms with Crippen molar-refractivity contribution in [2.45, 2.75) is 80.1 Å². The second kappa shape index (κ2) is 22.1. The van der Waals surface area contributed by atoms with E-state index in [0.29, 0.717) is 5.92 Å². The Bertz CT molecular complexity index is 1370. The number of hydrogen-bond acceptors (Lipinski definition) is 6. The summed E-state index contributed by atoms with van der Waals surface area (Å²) >= 11 is 0. The number of aryl methyl sites for hydroxylation is 4. The highest BCUT2D eigenvalue weighted by atomic mass is 31.0. The molecule has 0 spiro atoms. The Kier molecular flexibility index (Phi) is 19.5. The molecule has 1 aromatic carbocycles. The zero-order valence-corrected chi connectivity index (χ0v) is 29.6. The van der Waals surface area contributed by atoms with Crippen molar-refractivity contribution in [2.24, 2.45) is 0 Å². The second-order valence-electron chi connectivity index (χ2n) is 11.0. The summed E-state index contributed by atoms with van der Waals surface area (Å²) in [5.41, 5.74) is 7.57. The normalized spacial score (nSPS) is 13.8. The third-order valence-electron chi connectivity index (χ3n) is 7.21. The molecule has 244 valence electrons. The van der Waals surface area contributed by atoms with Gasteiger partial charge in [0.15, 0.2) is 0 Å². The van der Waals surface area contributed by atoms with Gasteiger partial charge in [-0.1, -0.05) is 51.1 Å². The first-order valence-corrected chi connectivity index (χ1v) is 16.5. The number of carboxylic acid groups (broad SMARTS) is 1. The van der Waals surface area contributed by atoms with Crippen molar-refractivity contribution < 1.29 is 14.6 Å². The largest absolute Gasteiger partial charge is 0.477 e. The average Bonchev–Trinajstić information content (AvgIpc) is 2.99. The summed E-state index contributed by atoms with van der Waals surface area (Å²) < 4.78 is 4.72. The predicted molar refractivity (Wildman–Crippen MR) is 190 cm³/mol. The molecule has 0 bridgehead atoms. The van der Waals surface area contributed by atoms with Crippen molar-refractivity contribution >= 4 is 20.5 Å². The van der Waals surface area contributed by atoms with Crippen LogP contribution < -0.4 is 5.30 Å². The van der Waals surface area contributed by atoms with Gasteiger partial charge < -0.3 is 9.84 Å². The minimum atomic E-state index is -0.979. The fraction of sp³-hybridized carbons (Fsp3) is 0.459. The standard InChI is InChI=1S/C15H22N2.C9H10NP.C8H9NO2.C3H6O.C2H6/c1-12(2)11-17-9-7-14(8-10-17)15-6-4-5-13(3)16-15;1-2-8-4-3-7(6-10)5-9(8)11;1-5-3-4-7(8(10)11)9-6(5)2;1-2-4-3-1;1-2/h4-6,14H,1,7-11H2,2-3H3;3-5H,2,11H2,1H3;3-4H,1-2H3,(H,10,11);1-3H2;1-2H3. The monoisotopic (exact) mass is 632 g/mol. The summed E-state index contributed by atoms with van der Waals surface area (Å²) in [7, 11) is 2.64. The van der Waals surface area contributed by atoms with Gasteiger partial charge >= 0.3 is 5.97 Å². The van der Waals surface area contributed by atoms with Crippen LogP contribution in [0.25, 0.3) is 0 Å². The molecule has 2 aliphatic rings. The molecular formula is C37H53N4O3P. The summed E-state index contributed by atoms with van der Waals surface area (Å²) in [6, 6.07) is 17.5. The van der Waals surface area contributed by atoms with Crippen LogP contribution in [0.3, 0.4) is 0 Å². The fourth-order valence-corrected chi connectivity index (χ4v) is 4.92. The zero-order chi connectivity index (χ0) is 33.8. The molecule has 0 radical (unpaired) electrons. The molecule has 0 saturated carbocycles. The number of carbonyl (C=O) groups is 1. The Morgan fingerprint density at radius 2 is 1.71 bits per heavy atom. The number of carboxylic acids is 1. The number of nitrogens with zero attached hydrogens (tertiary/aromatic N) is 4. The molecule has 4 heterocycles. The Morgan fingerprint density at radius 1 is 1.09 bits per heavy atom. The van der Waals surface area contributed by atoms with E-state index in [4.69, 9.17) is 15.1 Å². The molecule has 45 heavy (non-hydrogen) atoms. The van der Waals surface area contributed by atoms with E-state index in [1.165, 1.54) is 55.2 Å². The molecule has 7 nitrogen and oxygen atoms in total. The van der Waals surface area contributed by atoms with Crippen LogP contribution in [0.2, 0.25) is 0 Å². The van der Waals surface area contributed by atoms with E-state index >= 15 is 0 Å². The van der Waals surface area contributed by atoms with Gasteiger partial charge in [0, 0.05) is 42.8 Å². The van der Waals surface area contributed by atoms with Crippen LogP contribution in [0.1, 0.15) is 97.1 Å². The number of likely N-dealkylation sites (tertiary alicyclic amines) is 1. The smallest absolute Gasteiger partial charge is 0.354 e. The molecule has 1 unspecified atom stereocenters. The Hall–Kier alpha value is -3.43. The van der Waals surface area contributed by atoms with Crippen LogP contribution in [-0.2, 0) is 11.2 Å². The van der Waals surface area contributed by atoms with Gasteiger partial charge in [-0.25, -0.2) is 9.78 Å². The number of ether oxygens (including phenoxy) is 1. The molecule has 2 fully saturated rings. The van der Waals surface area contributed by atoms with Gasteiger partial charge in [0.2, 0.25) is 0 Å². The second-order valence-corrected chi connectivity index (χ2v) is 11.6. The number of piperidine rings is 1. The minimum Gasteiger partial charge on any atom is -0.477 e. The van der Waals surface area contributed by atoms with E-state index in [-0.39, 0.29) is 5.69 Å². The van der Waals surface area contributed by atoms with Crippen LogP contribution >= 0.6 is 9.24 Å². The molecule has 3 aromatic rings. The molecule has 0 amide bonds. The van der Waals surface area contributed by atoms with Gasteiger partial charge in [-0.15, -0.1) is 9.24 Å². The zero-order valence-electron chi connectivity index (χ0n) is 28.4. The van der Waals surface area contributed by atoms with E-state index in [1.807, 2.05) is 39.0 Å². The predicted octanol–water partition coefficient (Wildman–Crippen LogP) is 7.60. The third kappa shape index (κ3) is 15.4. The number of rotatable bonds is 5. The molecule has 2 saturated heterocycles. The molecule has 1 N–H and O–H groups in total. The Labute approximate surface area is 274 Å². The summed E-state index contributed by atoms with van der Waals surface area (Å²) in [5, 5.41) is 18.2. The summed E-state index contributed by atoms with van der Waals surface area (Å²) in [4.78, 5) is 21.4. The molecule has 8 heteroatoms. The maximum Gasteiger partial charge on any atom is 0.354 e. The number of aromatic carboxylic acids is 1. The Morgan fingerprint density at radius 3 is 2.16 bits per heavy atom. The number of aromatic nitrogens is 2. The molecule has 1 atom stereocenters. The van der Waals surface area contributed by atoms with Crippen molar-refractivity contribution in [3.05, 3.63) is 100 Å². The van der Waals surface area contributed by atoms with Crippen molar-refractivity contribution in [2.75, 3.05) is 32.8 Å². The molecular weight excluding hydrogens is 579 g/mol. The third-order valence-corrected chi connectivity index (χ3v) is 7.75. The SMILES string of the molecule is C1COC1.C=C(C)CN1CCC(c2cccc(C)n2)CC1.CC.CCc1ccc(C#N)cc1P.Cc1ccc(C(=O)O)nc1C. The van der Waals surface area contributed by atoms with Gasteiger partial charge in [0.05, 0.1) is 11.6 Å². The van der Waals surface area contributed by atoms with E-state index in [2.05, 4.69) is 75.7 Å². The lowest BCUT2D eigenvalue weighted by molar-refractivity contribution is 0.0367. The lowest BCUT2D eigenvalue weighted by Gasteiger charge is -2.31. The number of hydrogen-bond donors (Lipinski definition) is 1. The molecule has 0 aliphatic carbocycles. The van der Waals surface area contributed by atoms with Crippen molar-refractivity contribution in [3.63, 3.8) is 0 Å². The lowest BCUT2D eigenvalue weighted by atomic mass is 9.93. The molecule has 2 aromatic heterocycles. The lowest BCUT2D eigenvalue weighted by Crippen LogP contribution is -2.34. The first-order chi connectivity index (χ1) is 21.5. The van der Waals surface area contributed by atoms with Crippen LogP contribution in [-0.4, -0.2) is 58.8 Å². The molecule has 5 rings (SSSR count).